The molecule has 1 aromatic heterocycles. The lowest BCUT2D eigenvalue weighted by Gasteiger charge is -2.24. The fraction of sp³-hybridized carbons (Fsp3) is 0.143. The normalized spacial score (nSPS) is 16.5. The minimum atomic E-state index is -0.860. The second-order valence-electron chi connectivity index (χ2n) is 7.00. The number of hydrogen-bond acceptors (Lipinski definition) is 8. The van der Waals surface area contributed by atoms with Crippen molar-refractivity contribution in [1.82, 2.24) is 9.78 Å². The maximum atomic E-state index is 11.9. The van der Waals surface area contributed by atoms with Gasteiger partial charge in [-0.25, -0.2) is 4.68 Å². The van der Waals surface area contributed by atoms with Gasteiger partial charge >= 0.3 is 0 Å². The summed E-state index contributed by atoms with van der Waals surface area (Å²) in [4.78, 5) is 11.4. The molecule has 0 radical (unpaired) electrons. The Morgan fingerprint density at radius 2 is 1.97 bits per heavy atom. The number of fused-ring (bicyclic) bond motifs is 2. The van der Waals surface area contributed by atoms with E-state index in [9.17, 15) is 15.4 Å². The maximum absolute atomic E-state index is 11.9. The van der Waals surface area contributed by atoms with Gasteiger partial charge in [0.15, 0.2) is 11.5 Å². The summed E-state index contributed by atoms with van der Waals surface area (Å²) in [5.74, 6) is -0.0603. The van der Waals surface area contributed by atoms with Crippen LogP contribution in [0.3, 0.4) is 0 Å². The molecule has 0 saturated heterocycles. The third-order valence-electron chi connectivity index (χ3n) is 5.26. The molecule has 10 heteroatoms. The molecule has 5 rings (SSSR count). The Hall–Kier alpha value is -4.52. The highest BCUT2D eigenvalue weighted by molar-refractivity contribution is 5.65. The van der Waals surface area contributed by atoms with E-state index in [1.54, 1.807) is 11.6 Å². The summed E-state index contributed by atoms with van der Waals surface area (Å²) in [5, 5.41) is 26.3. The van der Waals surface area contributed by atoms with E-state index < -0.39 is 10.8 Å². The molecule has 0 fully saturated rings. The lowest BCUT2D eigenvalue weighted by molar-refractivity contribution is -0.385. The smallest absolute Gasteiger partial charge is 0.277 e. The van der Waals surface area contributed by atoms with Crippen molar-refractivity contribution in [3.8, 4) is 29.1 Å². The summed E-state index contributed by atoms with van der Waals surface area (Å²) in [6.07, 6.45) is 0. The van der Waals surface area contributed by atoms with Gasteiger partial charge in [-0.05, 0) is 25.1 Å². The van der Waals surface area contributed by atoms with Crippen molar-refractivity contribution < 1.29 is 19.1 Å². The van der Waals surface area contributed by atoms with Crippen LogP contribution in [-0.4, -0.2) is 21.5 Å². The number of nitrogens with two attached hydrogens (primary N) is 1. The van der Waals surface area contributed by atoms with Crippen LogP contribution >= 0.6 is 0 Å². The number of allylic oxidation sites excluding steroid dienone is 1. The van der Waals surface area contributed by atoms with Crippen LogP contribution in [0.2, 0.25) is 0 Å². The Kier molecular flexibility index (Phi) is 4.04. The molecule has 2 N–H and O–H groups in total. The molecule has 3 aromatic rings. The first-order chi connectivity index (χ1) is 15.0. The van der Waals surface area contributed by atoms with Crippen molar-refractivity contribution in [1.29, 1.82) is 5.26 Å². The molecule has 0 aliphatic carbocycles. The van der Waals surface area contributed by atoms with Crippen molar-refractivity contribution in [2.75, 3.05) is 6.79 Å². The Balaban J connectivity index is 1.79. The maximum Gasteiger partial charge on any atom is 0.277 e. The molecule has 3 heterocycles. The zero-order chi connectivity index (χ0) is 21.7. The molecule has 154 valence electrons. The first-order valence-electron chi connectivity index (χ1n) is 9.30. The van der Waals surface area contributed by atoms with Crippen LogP contribution in [0.25, 0.3) is 5.69 Å². The number of hydrogen-bond donors (Lipinski definition) is 1. The molecular formula is C21H15N5O5. The summed E-state index contributed by atoms with van der Waals surface area (Å²) >= 11 is 0. The quantitative estimate of drug-likeness (QED) is 0.507. The van der Waals surface area contributed by atoms with E-state index in [-0.39, 0.29) is 35.2 Å². The average Bonchev–Trinajstić information content (AvgIpc) is 3.36. The fourth-order valence-corrected chi connectivity index (χ4v) is 3.91. The molecule has 1 unspecified atom stereocenters. The van der Waals surface area contributed by atoms with Crippen molar-refractivity contribution in [2.45, 2.75) is 12.8 Å². The van der Waals surface area contributed by atoms with Crippen LogP contribution in [0.1, 0.15) is 22.7 Å². The predicted molar refractivity (Wildman–Crippen MR) is 107 cm³/mol. The number of benzene rings is 2. The van der Waals surface area contributed by atoms with Gasteiger partial charge in [-0.1, -0.05) is 18.2 Å². The van der Waals surface area contributed by atoms with Crippen LogP contribution < -0.4 is 19.9 Å². The van der Waals surface area contributed by atoms with Crippen LogP contribution in [0.5, 0.6) is 17.4 Å². The molecule has 2 aliphatic rings. The van der Waals surface area contributed by atoms with Crippen molar-refractivity contribution in [3.05, 3.63) is 80.9 Å². The van der Waals surface area contributed by atoms with E-state index >= 15 is 0 Å². The molecular weight excluding hydrogens is 402 g/mol. The molecule has 0 amide bonds. The molecule has 0 spiro atoms. The van der Waals surface area contributed by atoms with Gasteiger partial charge in [-0.15, -0.1) is 0 Å². The van der Waals surface area contributed by atoms with Crippen molar-refractivity contribution >= 4 is 5.69 Å². The van der Waals surface area contributed by atoms with Gasteiger partial charge in [0.2, 0.25) is 18.6 Å². The summed E-state index contributed by atoms with van der Waals surface area (Å²) in [6, 6.07) is 14.1. The molecule has 1 atom stereocenters. The Morgan fingerprint density at radius 3 is 2.65 bits per heavy atom. The average molecular weight is 417 g/mol. The number of ether oxygens (including phenoxy) is 3. The Morgan fingerprint density at radius 1 is 1.26 bits per heavy atom. The second-order valence-corrected chi connectivity index (χ2v) is 7.00. The molecule has 0 bridgehead atoms. The zero-order valence-electron chi connectivity index (χ0n) is 16.2. The molecule has 0 saturated carbocycles. The number of rotatable bonds is 3. The van der Waals surface area contributed by atoms with E-state index in [1.807, 2.05) is 30.3 Å². The number of nitrogens with zero attached hydrogens (tertiary/aromatic N) is 4. The summed E-state index contributed by atoms with van der Waals surface area (Å²) in [5.41, 5.74) is 7.98. The highest BCUT2D eigenvalue weighted by atomic mass is 16.7. The van der Waals surface area contributed by atoms with Gasteiger partial charge in [0.05, 0.1) is 33.9 Å². The van der Waals surface area contributed by atoms with Gasteiger partial charge in [-0.3, -0.25) is 10.1 Å². The highest BCUT2D eigenvalue weighted by Crippen LogP contribution is 2.49. The van der Waals surface area contributed by atoms with Crippen LogP contribution in [0.4, 0.5) is 5.69 Å². The second kappa shape index (κ2) is 6.77. The standard InChI is InChI=1S/C21H15N5O5/c1-11-18-19(13-7-16-17(30-10-29-16)8-15(13)26(27)28)14(9-22)20(23)31-21(18)25(24-11)12-5-3-2-4-6-12/h2-8,19H,10,23H2,1H3. The number of nitro benzene ring substituents is 1. The topological polar surface area (TPSA) is 138 Å². The van der Waals surface area contributed by atoms with Gasteiger partial charge in [0, 0.05) is 5.56 Å². The highest BCUT2D eigenvalue weighted by Gasteiger charge is 2.40. The largest absolute Gasteiger partial charge is 0.454 e. The van der Waals surface area contributed by atoms with E-state index in [2.05, 4.69) is 11.2 Å². The van der Waals surface area contributed by atoms with Gasteiger partial charge in [0.1, 0.15) is 11.6 Å². The first kappa shape index (κ1) is 18.5. The summed E-state index contributed by atoms with van der Waals surface area (Å²) in [7, 11) is 0. The number of aryl methyl sites for hydroxylation is 1. The number of nitro groups is 1. The number of aromatic nitrogens is 2. The lowest BCUT2D eigenvalue weighted by atomic mass is 9.83. The Bertz CT molecular complexity index is 1310. The van der Waals surface area contributed by atoms with Crippen LogP contribution in [-0.2, 0) is 0 Å². The zero-order valence-corrected chi connectivity index (χ0v) is 16.2. The van der Waals surface area contributed by atoms with Gasteiger partial charge in [0.25, 0.3) is 5.69 Å². The van der Waals surface area contributed by atoms with E-state index in [4.69, 9.17) is 19.9 Å². The van der Waals surface area contributed by atoms with E-state index in [0.717, 1.165) is 5.69 Å². The summed E-state index contributed by atoms with van der Waals surface area (Å²) < 4.78 is 18.1. The number of para-hydroxylation sites is 1. The van der Waals surface area contributed by atoms with Gasteiger partial charge < -0.3 is 19.9 Å². The molecule has 2 aromatic carbocycles. The minimum absolute atomic E-state index is 0.0387. The van der Waals surface area contributed by atoms with Crippen molar-refractivity contribution in [2.24, 2.45) is 5.73 Å². The minimum Gasteiger partial charge on any atom is -0.454 e. The van der Waals surface area contributed by atoms with Crippen molar-refractivity contribution in [3.63, 3.8) is 0 Å². The third-order valence-corrected chi connectivity index (χ3v) is 5.26. The molecule has 2 aliphatic heterocycles. The van der Waals surface area contributed by atoms with E-state index in [0.29, 0.717) is 22.9 Å². The number of nitriles is 1. The monoisotopic (exact) mass is 417 g/mol. The molecule has 31 heavy (non-hydrogen) atoms. The molecule has 10 nitrogen and oxygen atoms in total. The Labute approximate surface area is 175 Å². The lowest BCUT2D eigenvalue weighted by Crippen LogP contribution is -2.22. The first-order valence-corrected chi connectivity index (χ1v) is 9.30. The van der Waals surface area contributed by atoms with Crippen LogP contribution in [0.15, 0.2) is 53.9 Å². The van der Waals surface area contributed by atoms with Gasteiger partial charge in [-0.2, -0.15) is 10.4 Å². The predicted octanol–water partition coefficient (Wildman–Crippen LogP) is 3.04. The van der Waals surface area contributed by atoms with E-state index in [1.165, 1.54) is 12.1 Å². The third kappa shape index (κ3) is 2.75. The summed E-state index contributed by atoms with van der Waals surface area (Å²) in [6.45, 7) is 1.72. The van der Waals surface area contributed by atoms with Crippen LogP contribution in [0, 0.1) is 28.4 Å². The fourth-order valence-electron chi connectivity index (χ4n) is 3.91. The SMILES string of the molecule is Cc1nn(-c2ccccc2)c2c1C(c1cc3c(cc1[N+](=O)[O-])OCO3)C(C#N)=C(N)O2.